The lowest BCUT2D eigenvalue weighted by atomic mass is 10.2. The van der Waals surface area contributed by atoms with Crippen molar-refractivity contribution in [3.05, 3.63) is 52.8 Å². The van der Waals surface area contributed by atoms with Crippen molar-refractivity contribution in [2.45, 2.75) is 42.8 Å². The second-order valence-electron chi connectivity index (χ2n) is 7.80. The maximum atomic E-state index is 13.4. The van der Waals surface area contributed by atoms with Crippen LogP contribution in [0.1, 0.15) is 24.8 Å². The SMILES string of the molecule is Fc1ccc(-c2nnc(SCc3cc(Cl)c4c(c3)OCCCO4)n2CC2CCCO2)cc1. The quantitative estimate of drug-likeness (QED) is 0.447. The van der Waals surface area contributed by atoms with Crippen molar-refractivity contribution >= 4 is 23.4 Å². The summed E-state index contributed by atoms with van der Waals surface area (Å²) in [4.78, 5) is 0. The molecule has 0 aliphatic carbocycles. The van der Waals surface area contributed by atoms with E-state index in [1.165, 1.54) is 12.1 Å². The maximum absolute atomic E-state index is 13.4. The summed E-state index contributed by atoms with van der Waals surface area (Å²) in [5.41, 5.74) is 1.83. The van der Waals surface area contributed by atoms with Crippen LogP contribution in [0.25, 0.3) is 11.4 Å². The largest absolute Gasteiger partial charge is 0.489 e. The van der Waals surface area contributed by atoms with Gasteiger partial charge in [-0.05, 0) is 54.8 Å². The highest BCUT2D eigenvalue weighted by atomic mass is 35.5. The van der Waals surface area contributed by atoms with Crippen LogP contribution in [0.15, 0.2) is 41.6 Å². The van der Waals surface area contributed by atoms with Crippen LogP contribution in [-0.2, 0) is 17.0 Å². The van der Waals surface area contributed by atoms with Crippen LogP contribution >= 0.6 is 23.4 Å². The third-order valence-electron chi connectivity index (χ3n) is 5.46. The molecule has 0 radical (unpaired) electrons. The minimum absolute atomic E-state index is 0.122. The molecule has 6 nitrogen and oxygen atoms in total. The zero-order chi connectivity index (χ0) is 21.9. The second-order valence-corrected chi connectivity index (χ2v) is 9.15. The van der Waals surface area contributed by atoms with E-state index in [0.717, 1.165) is 42.2 Å². The van der Waals surface area contributed by atoms with Crippen molar-refractivity contribution in [1.29, 1.82) is 0 Å². The summed E-state index contributed by atoms with van der Waals surface area (Å²) in [6.45, 7) is 2.64. The Kier molecular flexibility index (Phi) is 6.52. The molecule has 168 valence electrons. The fourth-order valence-corrected chi connectivity index (χ4v) is 5.05. The van der Waals surface area contributed by atoms with Gasteiger partial charge < -0.3 is 14.2 Å². The Bertz CT molecular complexity index is 1090. The molecule has 1 unspecified atom stereocenters. The van der Waals surface area contributed by atoms with Gasteiger partial charge in [-0.2, -0.15) is 0 Å². The standard InChI is InChI=1S/C23H23ClFN3O3S/c24-19-11-15(12-20-21(19)31-10-2-9-30-20)14-32-23-27-26-22(16-4-6-17(25)7-5-16)28(23)13-18-3-1-8-29-18/h4-7,11-12,18H,1-3,8-10,13-14H2. The number of aromatic nitrogens is 3. The third-order valence-corrected chi connectivity index (χ3v) is 6.78. The molecule has 1 fully saturated rings. The highest BCUT2D eigenvalue weighted by Crippen LogP contribution is 2.39. The molecule has 5 rings (SSSR count). The number of thioether (sulfide) groups is 1. The number of hydrogen-bond acceptors (Lipinski definition) is 6. The van der Waals surface area contributed by atoms with E-state index in [9.17, 15) is 4.39 Å². The molecule has 3 aromatic rings. The second kappa shape index (κ2) is 9.68. The Balaban J connectivity index is 1.40. The summed E-state index contributed by atoms with van der Waals surface area (Å²) in [6, 6.07) is 10.2. The van der Waals surface area contributed by atoms with Crippen LogP contribution in [0.4, 0.5) is 4.39 Å². The van der Waals surface area contributed by atoms with Gasteiger partial charge in [0.15, 0.2) is 22.5 Å². The molecule has 2 aliphatic heterocycles. The van der Waals surface area contributed by atoms with Crippen molar-refractivity contribution in [1.82, 2.24) is 14.8 Å². The van der Waals surface area contributed by atoms with Crippen molar-refractivity contribution < 1.29 is 18.6 Å². The molecule has 3 heterocycles. The molecule has 0 N–H and O–H groups in total. The molecule has 9 heteroatoms. The summed E-state index contributed by atoms with van der Waals surface area (Å²) >= 11 is 8.02. The first-order chi connectivity index (χ1) is 15.7. The average Bonchev–Trinajstić information content (AvgIpc) is 3.38. The molecule has 1 saturated heterocycles. The van der Waals surface area contributed by atoms with Crippen molar-refractivity contribution in [3.63, 3.8) is 0 Å². The zero-order valence-corrected chi connectivity index (χ0v) is 19.0. The number of ether oxygens (including phenoxy) is 3. The van der Waals surface area contributed by atoms with Gasteiger partial charge in [-0.1, -0.05) is 23.4 Å². The zero-order valence-electron chi connectivity index (χ0n) is 17.4. The monoisotopic (exact) mass is 475 g/mol. The topological polar surface area (TPSA) is 58.4 Å². The molecule has 1 aromatic heterocycles. The van der Waals surface area contributed by atoms with Crippen molar-refractivity contribution in [3.8, 4) is 22.9 Å². The van der Waals surface area contributed by atoms with Gasteiger partial charge in [0.2, 0.25) is 0 Å². The Morgan fingerprint density at radius 1 is 1.06 bits per heavy atom. The van der Waals surface area contributed by atoms with Gasteiger partial charge in [-0.15, -0.1) is 10.2 Å². The number of nitrogens with zero attached hydrogens (tertiary/aromatic N) is 3. The van der Waals surface area contributed by atoms with Crippen LogP contribution in [-0.4, -0.2) is 40.7 Å². The molecule has 0 amide bonds. The normalized spacial score (nSPS) is 18.0. The molecular weight excluding hydrogens is 453 g/mol. The molecule has 0 bridgehead atoms. The Morgan fingerprint density at radius 2 is 1.91 bits per heavy atom. The van der Waals surface area contributed by atoms with Gasteiger partial charge in [-0.3, -0.25) is 4.57 Å². The first-order valence-electron chi connectivity index (χ1n) is 10.7. The molecule has 1 atom stereocenters. The van der Waals surface area contributed by atoms with Gasteiger partial charge in [-0.25, -0.2) is 4.39 Å². The smallest absolute Gasteiger partial charge is 0.191 e. The molecular formula is C23H23ClFN3O3S. The fraction of sp³-hybridized carbons (Fsp3) is 0.391. The van der Waals surface area contributed by atoms with Crippen LogP contribution in [0.3, 0.4) is 0 Å². The Hall–Kier alpha value is -2.29. The lowest BCUT2D eigenvalue weighted by Gasteiger charge is -2.15. The first kappa shape index (κ1) is 21.6. The molecule has 0 spiro atoms. The molecule has 2 aromatic carbocycles. The molecule has 2 aliphatic rings. The number of halogens is 2. The fourth-order valence-electron chi connectivity index (χ4n) is 3.88. The van der Waals surface area contributed by atoms with E-state index in [1.54, 1.807) is 23.9 Å². The molecule has 32 heavy (non-hydrogen) atoms. The van der Waals surface area contributed by atoms with E-state index < -0.39 is 0 Å². The van der Waals surface area contributed by atoms with Crippen molar-refractivity contribution in [2.75, 3.05) is 19.8 Å². The van der Waals surface area contributed by atoms with Gasteiger partial charge in [0.1, 0.15) is 5.82 Å². The van der Waals surface area contributed by atoms with E-state index in [1.807, 2.05) is 12.1 Å². The predicted octanol–water partition coefficient (Wildman–Crippen LogP) is 5.37. The number of rotatable bonds is 6. The third kappa shape index (κ3) is 4.72. The lowest BCUT2D eigenvalue weighted by Crippen LogP contribution is -2.16. The van der Waals surface area contributed by atoms with Gasteiger partial charge >= 0.3 is 0 Å². The summed E-state index contributed by atoms with van der Waals surface area (Å²) in [5, 5.41) is 10.2. The van der Waals surface area contributed by atoms with Crippen LogP contribution in [0.5, 0.6) is 11.5 Å². The highest BCUT2D eigenvalue weighted by molar-refractivity contribution is 7.98. The summed E-state index contributed by atoms with van der Waals surface area (Å²) < 4.78 is 32.9. The van der Waals surface area contributed by atoms with E-state index in [-0.39, 0.29) is 11.9 Å². The number of benzene rings is 2. The van der Waals surface area contributed by atoms with Gasteiger partial charge in [0, 0.05) is 24.3 Å². The number of fused-ring (bicyclic) bond motifs is 1. The van der Waals surface area contributed by atoms with Gasteiger partial charge in [0.25, 0.3) is 0 Å². The maximum Gasteiger partial charge on any atom is 0.191 e. The van der Waals surface area contributed by atoms with Crippen LogP contribution < -0.4 is 9.47 Å². The first-order valence-corrected chi connectivity index (χ1v) is 12.1. The minimum atomic E-state index is -0.278. The Labute approximate surface area is 195 Å². The van der Waals surface area contributed by atoms with E-state index >= 15 is 0 Å². The number of hydrogen-bond donors (Lipinski definition) is 0. The van der Waals surface area contributed by atoms with Crippen LogP contribution in [0, 0.1) is 5.82 Å². The van der Waals surface area contributed by atoms with E-state index in [2.05, 4.69) is 14.8 Å². The summed E-state index contributed by atoms with van der Waals surface area (Å²) in [7, 11) is 0. The van der Waals surface area contributed by atoms with E-state index in [0.29, 0.717) is 47.9 Å². The lowest BCUT2D eigenvalue weighted by molar-refractivity contribution is 0.0953. The van der Waals surface area contributed by atoms with Gasteiger partial charge in [0.05, 0.1) is 30.9 Å². The highest BCUT2D eigenvalue weighted by Gasteiger charge is 2.22. The average molecular weight is 476 g/mol. The van der Waals surface area contributed by atoms with E-state index in [4.69, 9.17) is 25.8 Å². The summed E-state index contributed by atoms with van der Waals surface area (Å²) in [6.07, 6.45) is 3.00. The molecule has 0 saturated carbocycles. The summed E-state index contributed by atoms with van der Waals surface area (Å²) in [5.74, 6) is 2.36. The minimum Gasteiger partial charge on any atom is -0.489 e. The van der Waals surface area contributed by atoms with Crippen molar-refractivity contribution in [2.24, 2.45) is 0 Å². The van der Waals surface area contributed by atoms with Crippen LogP contribution in [0.2, 0.25) is 5.02 Å². The Morgan fingerprint density at radius 3 is 2.72 bits per heavy atom. The predicted molar refractivity (Wildman–Crippen MR) is 121 cm³/mol.